The molecule has 2 N–H and O–H groups in total. The minimum atomic E-state index is -4.46. The Bertz CT molecular complexity index is 833. The molecule has 0 aliphatic carbocycles. The Kier molecular flexibility index (Phi) is 6.92. The molecule has 5 nitrogen and oxygen atoms in total. The number of halogens is 3. The first-order valence-electron chi connectivity index (χ1n) is 8.37. The van der Waals surface area contributed by atoms with Gasteiger partial charge >= 0.3 is 18.1 Å². The van der Waals surface area contributed by atoms with E-state index in [1.807, 2.05) is 0 Å². The summed E-state index contributed by atoms with van der Waals surface area (Å²) in [6.07, 6.45) is -4.67. The minimum absolute atomic E-state index is 0.104. The fraction of sp³-hybridized carbons (Fsp3) is 0.250. The van der Waals surface area contributed by atoms with Gasteiger partial charge in [0.1, 0.15) is 0 Å². The lowest BCUT2D eigenvalue weighted by Gasteiger charge is -2.15. The molecule has 0 saturated carbocycles. The topological polar surface area (TPSA) is 87.5 Å². The summed E-state index contributed by atoms with van der Waals surface area (Å²) < 4.78 is 42.8. The Morgan fingerprint density at radius 2 is 1.64 bits per heavy atom. The molecule has 1 unspecified atom stereocenters. The molecule has 2 aromatic rings. The number of ether oxygens (including phenoxy) is 1. The van der Waals surface area contributed by atoms with Gasteiger partial charge in [-0.25, -0.2) is 4.79 Å². The maximum atomic E-state index is 12.6. The number of benzene rings is 2. The molecule has 0 aliphatic rings. The number of carbonyl (C=O) groups is 2. The number of carboxylic acid groups (broad SMARTS) is 1. The molecule has 0 saturated heterocycles. The molecule has 0 aromatic heterocycles. The molecule has 28 heavy (non-hydrogen) atoms. The molecule has 2 aromatic carbocycles. The van der Waals surface area contributed by atoms with Crippen molar-refractivity contribution in [1.82, 2.24) is 0 Å². The van der Waals surface area contributed by atoms with E-state index in [4.69, 9.17) is 10.1 Å². The largest absolute Gasteiger partial charge is 0.481 e. The van der Waals surface area contributed by atoms with Crippen molar-refractivity contribution in [3.8, 4) is 0 Å². The molecule has 1 atom stereocenters. The molecular weight excluding hydrogens is 375 g/mol. The zero-order valence-corrected chi connectivity index (χ0v) is 14.7. The third kappa shape index (κ3) is 5.94. The Labute approximate surface area is 159 Å². The van der Waals surface area contributed by atoms with Crippen molar-refractivity contribution < 1.29 is 32.6 Å². The van der Waals surface area contributed by atoms with Crippen molar-refractivity contribution in [1.29, 1.82) is 5.41 Å². The second-order valence-electron chi connectivity index (χ2n) is 6.08. The predicted molar refractivity (Wildman–Crippen MR) is 95.3 cm³/mol. The van der Waals surface area contributed by atoms with Gasteiger partial charge in [-0.2, -0.15) is 13.2 Å². The van der Waals surface area contributed by atoms with E-state index in [1.165, 1.54) is 12.1 Å². The highest BCUT2D eigenvalue weighted by Crippen LogP contribution is 2.29. The highest BCUT2D eigenvalue weighted by Gasteiger charge is 2.30. The number of nitrogens with one attached hydrogen (secondary N) is 1. The van der Waals surface area contributed by atoms with E-state index >= 15 is 0 Å². The number of alkyl halides is 3. The minimum Gasteiger partial charge on any atom is -0.481 e. The summed E-state index contributed by atoms with van der Waals surface area (Å²) in [5, 5.41) is 17.3. The van der Waals surface area contributed by atoms with Crippen molar-refractivity contribution in [3.63, 3.8) is 0 Å². The van der Waals surface area contributed by atoms with Crippen LogP contribution < -0.4 is 0 Å². The van der Waals surface area contributed by atoms with Gasteiger partial charge in [-0.1, -0.05) is 30.3 Å². The van der Waals surface area contributed by atoms with Gasteiger partial charge in [-0.15, -0.1) is 0 Å². The third-order valence-electron chi connectivity index (χ3n) is 4.04. The normalized spacial score (nSPS) is 12.2. The molecular formula is C20H18F3NO4. The second kappa shape index (κ2) is 9.16. The molecule has 2 rings (SSSR count). The van der Waals surface area contributed by atoms with Crippen LogP contribution in [0.4, 0.5) is 13.2 Å². The van der Waals surface area contributed by atoms with Crippen LogP contribution in [0.5, 0.6) is 0 Å². The average Bonchev–Trinajstić information content (AvgIpc) is 2.65. The average molecular weight is 393 g/mol. The summed E-state index contributed by atoms with van der Waals surface area (Å²) in [4.78, 5) is 23.3. The lowest BCUT2D eigenvalue weighted by molar-refractivity contribution is -0.140. The molecule has 0 aliphatic heterocycles. The molecule has 0 spiro atoms. The van der Waals surface area contributed by atoms with Crippen LogP contribution >= 0.6 is 0 Å². The van der Waals surface area contributed by atoms with E-state index in [9.17, 15) is 27.9 Å². The van der Waals surface area contributed by atoms with E-state index in [1.54, 1.807) is 30.3 Å². The van der Waals surface area contributed by atoms with Crippen molar-refractivity contribution in [3.05, 3.63) is 71.3 Å². The van der Waals surface area contributed by atoms with Gasteiger partial charge in [0.15, 0.2) is 0 Å². The standard InChI is InChI=1S/C20H18F3NO4/c21-20(22,23)15-8-6-13(7-9-15)12-17(24)16(18(25)26)10-11-28-19(27)14-4-2-1-3-5-14/h1-9,16,24H,10-12H2,(H,25,26). The van der Waals surface area contributed by atoms with Crippen LogP contribution in [0.2, 0.25) is 0 Å². The highest BCUT2D eigenvalue weighted by atomic mass is 19.4. The SMILES string of the molecule is N=C(Cc1ccc(C(F)(F)F)cc1)C(CCOC(=O)c1ccccc1)C(=O)O. The van der Waals surface area contributed by atoms with Crippen molar-refractivity contribution in [2.75, 3.05) is 6.61 Å². The van der Waals surface area contributed by atoms with Crippen LogP contribution in [0.15, 0.2) is 54.6 Å². The number of esters is 1. The van der Waals surface area contributed by atoms with Gasteiger partial charge < -0.3 is 15.3 Å². The number of carbonyl (C=O) groups excluding carboxylic acids is 1. The van der Waals surface area contributed by atoms with Crippen LogP contribution in [0.3, 0.4) is 0 Å². The van der Waals surface area contributed by atoms with Crippen LogP contribution in [-0.4, -0.2) is 29.4 Å². The lowest BCUT2D eigenvalue weighted by Crippen LogP contribution is -2.26. The van der Waals surface area contributed by atoms with Crippen LogP contribution in [0, 0.1) is 11.3 Å². The van der Waals surface area contributed by atoms with Crippen molar-refractivity contribution in [2.45, 2.75) is 19.0 Å². The Balaban J connectivity index is 1.93. The number of hydrogen-bond donors (Lipinski definition) is 2. The summed E-state index contributed by atoms with van der Waals surface area (Å²) >= 11 is 0. The fourth-order valence-electron chi connectivity index (χ4n) is 2.53. The zero-order valence-electron chi connectivity index (χ0n) is 14.7. The van der Waals surface area contributed by atoms with Crippen LogP contribution in [0.25, 0.3) is 0 Å². The number of carboxylic acids is 1. The number of rotatable bonds is 8. The van der Waals surface area contributed by atoms with Crippen molar-refractivity contribution >= 4 is 17.7 Å². The van der Waals surface area contributed by atoms with Gasteiger partial charge in [0.05, 0.1) is 23.7 Å². The van der Waals surface area contributed by atoms with E-state index < -0.39 is 29.6 Å². The first kappa shape index (κ1) is 21.1. The molecule has 0 fully saturated rings. The monoisotopic (exact) mass is 393 g/mol. The van der Waals surface area contributed by atoms with E-state index in [0.29, 0.717) is 11.1 Å². The summed E-state index contributed by atoms with van der Waals surface area (Å²) in [6.45, 7) is -0.194. The zero-order chi connectivity index (χ0) is 20.7. The first-order chi connectivity index (χ1) is 13.2. The first-order valence-corrected chi connectivity index (χ1v) is 8.37. The van der Waals surface area contributed by atoms with Gasteiger partial charge in [0.2, 0.25) is 0 Å². The molecule has 0 heterocycles. The van der Waals surface area contributed by atoms with Gasteiger partial charge in [-0.3, -0.25) is 4.79 Å². The van der Waals surface area contributed by atoms with Gasteiger partial charge in [0.25, 0.3) is 0 Å². The van der Waals surface area contributed by atoms with Crippen LogP contribution in [0.1, 0.15) is 27.9 Å². The quantitative estimate of drug-likeness (QED) is 0.519. The maximum Gasteiger partial charge on any atom is 0.416 e. The summed E-state index contributed by atoms with van der Waals surface area (Å²) in [6, 6.07) is 12.4. The van der Waals surface area contributed by atoms with E-state index in [2.05, 4.69) is 0 Å². The van der Waals surface area contributed by atoms with Crippen LogP contribution in [-0.2, 0) is 22.1 Å². The molecule has 148 valence electrons. The molecule has 0 amide bonds. The number of aliphatic carboxylic acids is 1. The lowest BCUT2D eigenvalue weighted by atomic mass is 9.94. The second-order valence-corrected chi connectivity index (χ2v) is 6.08. The predicted octanol–water partition coefficient (Wildman–Crippen LogP) is 4.22. The highest BCUT2D eigenvalue weighted by molar-refractivity contribution is 6.00. The smallest absolute Gasteiger partial charge is 0.416 e. The molecule has 0 bridgehead atoms. The van der Waals surface area contributed by atoms with Crippen molar-refractivity contribution in [2.24, 2.45) is 5.92 Å². The fourth-order valence-corrected chi connectivity index (χ4v) is 2.53. The summed E-state index contributed by atoms with van der Waals surface area (Å²) in [5.41, 5.74) is -0.270. The number of hydrogen-bond acceptors (Lipinski definition) is 4. The molecule has 0 radical (unpaired) electrons. The Hall–Kier alpha value is -3.16. The van der Waals surface area contributed by atoms with E-state index in [0.717, 1.165) is 12.1 Å². The summed E-state index contributed by atoms with van der Waals surface area (Å²) in [7, 11) is 0. The van der Waals surface area contributed by atoms with Gasteiger partial charge in [0, 0.05) is 18.6 Å². The summed E-state index contributed by atoms with van der Waals surface area (Å²) in [5.74, 6) is -3.06. The third-order valence-corrected chi connectivity index (χ3v) is 4.04. The molecule has 8 heteroatoms. The van der Waals surface area contributed by atoms with Gasteiger partial charge in [-0.05, 0) is 29.8 Å². The van der Waals surface area contributed by atoms with E-state index in [-0.39, 0.29) is 25.2 Å². The Morgan fingerprint density at radius 1 is 1.04 bits per heavy atom. The Morgan fingerprint density at radius 3 is 2.18 bits per heavy atom. The maximum absolute atomic E-state index is 12.6.